The van der Waals surface area contributed by atoms with Crippen LogP contribution in [0, 0.1) is 0 Å². The lowest BCUT2D eigenvalue weighted by atomic mass is 10.1. The lowest BCUT2D eigenvalue weighted by molar-refractivity contribution is 0.104. The molecular formula is C14H10N2O. The topological polar surface area (TPSA) is 42.0 Å². The number of rotatable bonds is 1. The van der Waals surface area contributed by atoms with Crippen LogP contribution in [0.15, 0.2) is 54.4 Å². The van der Waals surface area contributed by atoms with Crippen LogP contribution < -0.4 is 5.32 Å². The largest absolute Gasteiger partial charge is 0.352 e. The van der Waals surface area contributed by atoms with E-state index in [1.807, 2.05) is 42.5 Å². The van der Waals surface area contributed by atoms with Gasteiger partial charge in [-0.3, -0.25) is 9.78 Å². The summed E-state index contributed by atoms with van der Waals surface area (Å²) in [7, 11) is 0. The Morgan fingerprint density at radius 2 is 1.88 bits per heavy atom. The molecule has 1 N–H and O–H groups in total. The number of anilines is 1. The number of allylic oxidation sites excluding steroid dienone is 1. The number of Topliss-reactive ketones (excluding diaryl/α,β-unsaturated/α-hetero) is 1. The van der Waals surface area contributed by atoms with Crippen molar-refractivity contribution in [1.82, 2.24) is 4.98 Å². The normalized spacial score (nSPS) is 15.8. The van der Waals surface area contributed by atoms with Gasteiger partial charge < -0.3 is 5.32 Å². The molecule has 3 nitrogen and oxygen atoms in total. The zero-order valence-electron chi connectivity index (χ0n) is 9.05. The molecule has 0 amide bonds. The first kappa shape index (κ1) is 9.78. The van der Waals surface area contributed by atoms with Gasteiger partial charge in [0.2, 0.25) is 5.78 Å². The van der Waals surface area contributed by atoms with Crippen molar-refractivity contribution in [2.24, 2.45) is 0 Å². The molecule has 3 rings (SSSR count). The molecule has 0 saturated heterocycles. The van der Waals surface area contributed by atoms with E-state index in [0.29, 0.717) is 5.70 Å². The van der Waals surface area contributed by atoms with Gasteiger partial charge in [-0.1, -0.05) is 18.2 Å². The second-order valence-electron chi connectivity index (χ2n) is 3.81. The summed E-state index contributed by atoms with van der Waals surface area (Å²) in [6.07, 6.45) is 3.47. The van der Waals surface area contributed by atoms with Crippen LogP contribution in [0.1, 0.15) is 16.1 Å². The van der Waals surface area contributed by atoms with Crippen molar-refractivity contribution in [3.63, 3.8) is 0 Å². The Kier molecular flexibility index (Phi) is 2.22. The van der Waals surface area contributed by atoms with Crippen LogP contribution in [-0.2, 0) is 0 Å². The number of hydrogen-bond acceptors (Lipinski definition) is 3. The highest BCUT2D eigenvalue weighted by atomic mass is 16.1. The molecule has 2 aromatic rings. The summed E-state index contributed by atoms with van der Waals surface area (Å²) >= 11 is 0. The van der Waals surface area contributed by atoms with Crippen LogP contribution in [0.3, 0.4) is 0 Å². The molecule has 0 unspecified atom stereocenters. The number of hydrogen-bond donors (Lipinski definition) is 1. The summed E-state index contributed by atoms with van der Waals surface area (Å²) in [4.78, 5) is 16.2. The number of nitrogens with one attached hydrogen (secondary N) is 1. The fraction of sp³-hybridized carbons (Fsp3) is 0. The number of ketones is 1. The molecule has 1 aliphatic heterocycles. The Hall–Kier alpha value is -2.42. The van der Waals surface area contributed by atoms with Gasteiger partial charge >= 0.3 is 0 Å². The minimum Gasteiger partial charge on any atom is -0.352 e. The van der Waals surface area contributed by atoms with Crippen molar-refractivity contribution in [2.75, 3.05) is 5.32 Å². The molecular weight excluding hydrogens is 212 g/mol. The molecule has 0 radical (unpaired) electrons. The third-order valence-electron chi connectivity index (χ3n) is 2.67. The Labute approximate surface area is 98.8 Å². The van der Waals surface area contributed by atoms with E-state index in [4.69, 9.17) is 0 Å². The van der Waals surface area contributed by atoms with E-state index < -0.39 is 0 Å². The van der Waals surface area contributed by atoms with Crippen molar-refractivity contribution in [3.05, 3.63) is 65.6 Å². The number of carbonyl (C=O) groups excluding carboxylic acids is 1. The first-order chi connectivity index (χ1) is 8.34. The SMILES string of the molecule is O=C1C(=Cc2ccccn2)Nc2ccccc21. The predicted molar refractivity (Wildman–Crippen MR) is 66.6 cm³/mol. The molecule has 2 heterocycles. The van der Waals surface area contributed by atoms with E-state index in [9.17, 15) is 4.79 Å². The number of benzene rings is 1. The second-order valence-corrected chi connectivity index (χ2v) is 3.81. The van der Waals surface area contributed by atoms with Gasteiger partial charge in [-0.2, -0.15) is 0 Å². The van der Waals surface area contributed by atoms with E-state index >= 15 is 0 Å². The van der Waals surface area contributed by atoms with Crippen LogP contribution >= 0.6 is 0 Å². The monoisotopic (exact) mass is 222 g/mol. The molecule has 0 bridgehead atoms. The molecule has 0 aliphatic carbocycles. The van der Waals surface area contributed by atoms with Crippen molar-refractivity contribution in [1.29, 1.82) is 0 Å². The number of nitrogens with zero attached hydrogens (tertiary/aromatic N) is 1. The fourth-order valence-corrected chi connectivity index (χ4v) is 1.85. The molecule has 17 heavy (non-hydrogen) atoms. The van der Waals surface area contributed by atoms with Crippen molar-refractivity contribution < 1.29 is 4.79 Å². The smallest absolute Gasteiger partial charge is 0.211 e. The summed E-state index contributed by atoms with van der Waals surface area (Å²) in [5, 5.41) is 3.10. The number of para-hydroxylation sites is 1. The minimum absolute atomic E-state index is 0.0197. The number of fused-ring (bicyclic) bond motifs is 1. The first-order valence-electron chi connectivity index (χ1n) is 5.38. The van der Waals surface area contributed by atoms with E-state index in [1.54, 1.807) is 12.3 Å². The average molecular weight is 222 g/mol. The van der Waals surface area contributed by atoms with Gasteiger partial charge in [0.15, 0.2) is 0 Å². The first-order valence-corrected chi connectivity index (χ1v) is 5.38. The van der Waals surface area contributed by atoms with Crippen LogP contribution in [0.2, 0.25) is 0 Å². The summed E-state index contributed by atoms with van der Waals surface area (Å²) in [6.45, 7) is 0. The van der Waals surface area contributed by atoms with Gasteiger partial charge in [0, 0.05) is 17.4 Å². The maximum atomic E-state index is 12.0. The Bertz CT molecular complexity index is 603. The van der Waals surface area contributed by atoms with E-state index in [1.165, 1.54) is 0 Å². The molecule has 82 valence electrons. The van der Waals surface area contributed by atoms with Crippen molar-refractivity contribution >= 4 is 17.5 Å². The quantitative estimate of drug-likeness (QED) is 0.754. The fourth-order valence-electron chi connectivity index (χ4n) is 1.85. The highest BCUT2D eigenvalue weighted by Crippen LogP contribution is 2.28. The zero-order valence-corrected chi connectivity index (χ0v) is 9.05. The molecule has 1 aromatic heterocycles. The van der Waals surface area contributed by atoms with Crippen LogP contribution in [0.5, 0.6) is 0 Å². The number of aromatic nitrogens is 1. The Morgan fingerprint density at radius 3 is 2.65 bits per heavy atom. The van der Waals surface area contributed by atoms with Crippen LogP contribution in [0.4, 0.5) is 5.69 Å². The molecule has 0 atom stereocenters. The molecule has 1 aliphatic rings. The molecule has 1 aromatic carbocycles. The van der Waals surface area contributed by atoms with Crippen molar-refractivity contribution in [2.45, 2.75) is 0 Å². The molecule has 0 spiro atoms. The summed E-state index contributed by atoms with van der Waals surface area (Å²) in [5.74, 6) is 0.0197. The van der Waals surface area contributed by atoms with Gasteiger partial charge in [-0.25, -0.2) is 0 Å². The van der Waals surface area contributed by atoms with Gasteiger partial charge in [-0.15, -0.1) is 0 Å². The Balaban J connectivity index is 2.00. The van der Waals surface area contributed by atoms with Gasteiger partial charge in [0.1, 0.15) is 0 Å². The predicted octanol–water partition coefficient (Wildman–Crippen LogP) is 2.73. The van der Waals surface area contributed by atoms with E-state index in [2.05, 4.69) is 10.3 Å². The minimum atomic E-state index is 0.0197. The van der Waals surface area contributed by atoms with E-state index in [0.717, 1.165) is 16.9 Å². The summed E-state index contributed by atoms with van der Waals surface area (Å²) in [5.41, 5.74) is 2.93. The summed E-state index contributed by atoms with van der Waals surface area (Å²) in [6, 6.07) is 13.1. The highest BCUT2D eigenvalue weighted by molar-refractivity contribution is 6.20. The highest BCUT2D eigenvalue weighted by Gasteiger charge is 2.23. The third-order valence-corrected chi connectivity index (χ3v) is 2.67. The average Bonchev–Trinajstić information content (AvgIpc) is 2.68. The zero-order chi connectivity index (χ0) is 11.7. The van der Waals surface area contributed by atoms with Crippen LogP contribution in [0.25, 0.3) is 6.08 Å². The second kappa shape index (κ2) is 3.87. The maximum Gasteiger partial charge on any atom is 0.211 e. The van der Waals surface area contributed by atoms with Crippen molar-refractivity contribution in [3.8, 4) is 0 Å². The third kappa shape index (κ3) is 1.72. The maximum absolute atomic E-state index is 12.0. The lowest BCUT2D eigenvalue weighted by Gasteiger charge is -1.97. The molecule has 0 saturated carbocycles. The van der Waals surface area contributed by atoms with Gasteiger partial charge in [0.05, 0.1) is 11.4 Å². The standard InChI is InChI=1S/C14H10N2O/c17-14-11-6-1-2-7-12(11)16-13(14)9-10-5-3-4-8-15-10/h1-9,16H. The Morgan fingerprint density at radius 1 is 1.06 bits per heavy atom. The van der Waals surface area contributed by atoms with Gasteiger partial charge in [0.25, 0.3) is 0 Å². The van der Waals surface area contributed by atoms with Gasteiger partial charge in [-0.05, 0) is 30.3 Å². The molecule has 0 fully saturated rings. The van der Waals surface area contributed by atoms with E-state index in [-0.39, 0.29) is 5.78 Å². The number of pyridine rings is 1. The molecule has 3 heteroatoms. The lowest BCUT2D eigenvalue weighted by Crippen LogP contribution is -2.00. The number of carbonyl (C=O) groups is 1. The summed E-state index contributed by atoms with van der Waals surface area (Å²) < 4.78 is 0. The van der Waals surface area contributed by atoms with Crippen LogP contribution in [-0.4, -0.2) is 10.8 Å².